The molecule has 17 heavy (non-hydrogen) atoms. The topological polar surface area (TPSA) is 66.6 Å². The van der Waals surface area contributed by atoms with Crippen LogP contribution < -0.4 is 10.6 Å². The summed E-state index contributed by atoms with van der Waals surface area (Å²) in [6.07, 6.45) is 2.90. The Morgan fingerprint density at radius 3 is 2.41 bits per heavy atom. The second kappa shape index (κ2) is 5.19. The summed E-state index contributed by atoms with van der Waals surface area (Å²) in [6, 6.07) is 7.23. The highest BCUT2D eigenvalue weighted by Gasteiger charge is 2.14. The zero-order valence-corrected chi connectivity index (χ0v) is 9.80. The van der Waals surface area contributed by atoms with Crippen molar-refractivity contribution in [3.63, 3.8) is 0 Å². The number of nitrogens with two attached hydrogens (primary N) is 1. The van der Waals surface area contributed by atoms with Crippen LogP contribution in [-0.2, 0) is 11.2 Å². The van der Waals surface area contributed by atoms with Crippen LogP contribution in [0.1, 0.15) is 18.4 Å². The molecular weight excluding hydrogens is 216 g/mol. The van der Waals surface area contributed by atoms with Crippen molar-refractivity contribution >= 4 is 11.7 Å². The Labute approximate surface area is 101 Å². The zero-order valence-electron chi connectivity index (χ0n) is 9.80. The number of carbonyl (C=O) groups is 1. The molecule has 1 heterocycles. The van der Waals surface area contributed by atoms with Crippen molar-refractivity contribution in [2.75, 3.05) is 18.0 Å². The summed E-state index contributed by atoms with van der Waals surface area (Å²) in [4.78, 5) is 13.0. The first-order valence-electron chi connectivity index (χ1n) is 5.99. The van der Waals surface area contributed by atoms with Crippen molar-refractivity contribution in [3.8, 4) is 0 Å². The molecule has 0 radical (unpaired) electrons. The summed E-state index contributed by atoms with van der Waals surface area (Å²) < 4.78 is 0. The fourth-order valence-corrected chi connectivity index (χ4v) is 2.16. The fraction of sp³-hybridized carbons (Fsp3) is 0.462. The number of carboxylic acids is 1. The Morgan fingerprint density at radius 2 is 1.88 bits per heavy atom. The van der Waals surface area contributed by atoms with E-state index < -0.39 is 12.0 Å². The van der Waals surface area contributed by atoms with Gasteiger partial charge in [-0.05, 0) is 37.0 Å². The Balaban J connectivity index is 2.00. The normalized spacial score (nSPS) is 17.1. The van der Waals surface area contributed by atoms with E-state index in [-0.39, 0.29) is 0 Å². The number of carboxylic acid groups (broad SMARTS) is 1. The number of nitrogens with zero attached hydrogens (tertiary/aromatic N) is 1. The first kappa shape index (κ1) is 11.9. The summed E-state index contributed by atoms with van der Waals surface area (Å²) >= 11 is 0. The lowest BCUT2D eigenvalue weighted by atomic mass is 10.1. The molecule has 1 atom stereocenters. The van der Waals surface area contributed by atoms with Gasteiger partial charge in [-0.15, -0.1) is 0 Å². The maximum atomic E-state index is 10.6. The highest BCUT2D eigenvalue weighted by Crippen LogP contribution is 2.20. The molecule has 1 fully saturated rings. The molecule has 92 valence electrons. The van der Waals surface area contributed by atoms with Gasteiger partial charge in [0.15, 0.2) is 0 Å². The van der Waals surface area contributed by atoms with Crippen LogP contribution in [-0.4, -0.2) is 30.2 Å². The van der Waals surface area contributed by atoms with Gasteiger partial charge in [-0.3, -0.25) is 4.79 Å². The van der Waals surface area contributed by atoms with Crippen LogP contribution in [0.5, 0.6) is 0 Å². The van der Waals surface area contributed by atoms with E-state index in [2.05, 4.69) is 17.0 Å². The average molecular weight is 234 g/mol. The quantitative estimate of drug-likeness (QED) is 0.822. The van der Waals surface area contributed by atoms with E-state index in [1.165, 1.54) is 18.5 Å². The number of hydrogen-bond donors (Lipinski definition) is 2. The molecule has 4 heteroatoms. The lowest BCUT2D eigenvalue weighted by Crippen LogP contribution is -2.32. The molecule has 3 N–H and O–H groups in total. The van der Waals surface area contributed by atoms with Crippen LogP contribution in [0, 0.1) is 0 Å². The highest BCUT2D eigenvalue weighted by atomic mass is 16.4. The molecule has 1 aromatic carbocycles. The van der Waals surface area contributed by atoms with Crippen LogP contribution >= 0.6 is 0 Å². The maximum absolute atomic E-state index is 10.6. The fourth-order valence-electron chi connectivity index (χ4n) is 2.16. The Kier molecular flexibility index (Phi) is 3.64. The first-order valence-corrected chi connectivity index (χ1v) is 5.99. The first-order chi connectivity index (χ1) is 8.16. The van der Waals surface area contributed by atoms with Crippen molar-refractivity contribution in [1.82, 2.24) is 0 Å². The van der Waals surface area contributed by atoms with Gasteiger partial charge >= 0.3 is 5.97 Å². The lowest BCUT2D eigenvalue weighted by molar-refractivity contribution is -0.138. The van der Waals surface area contributed by atoms with Gasteiger partial charge in [0, 0.05) is 18.8 Å². The Hall–Kier alpha value is -1.55. The number of benzene rings is 1. The van der Waals surface area contributed by atoms with Crippen LogP contribution in [0.3, 0.4) is 0 Å². The van der Waals surface area contributed by atoms with Gasteiger partial charge in [0.05, 0.1) is 0 Å². The number of anilines is 1. The maximum Gasteiger partial charge on any atom is 0.320 e. The van der Waals surface area contributed by atoms with E-state index in [0.717, 1.165) is 18.7 Å². The molecule has 1 unspecified atom stereocenters. The zero-order chi connectivity index (χ0) is 12.3. The number of aliphatic carboxylic acids is 1. The van der Waals surface area contributed by atoms with Crippen LogP contribution in [0.15, 0.2) is 24.3 Å². The molecule has 1 saturated heterocycles. The van der Waals surface area contributed by atoms with Crippen LogP contribution in [0.25, 0.3) is 0 Å². The van der Waals surface area contributed by atoms with Gasteiger partial charge in [0.2, 0.25) is 0 Å². The third-order valence-corrected chi connectivity index (χ3v) is 3.18. The van der Waals surface area contributed by atoms with Gasteiger partial charge in [-0.25, -0.2) is 0 Å². The third-order valence-electron chi connectivity index (χ3n) is 3.18. The monoisotopic (exact) mass is 234 g/mol. The van der Waals surface area contributed by atoms with E-state index in [1.54, 1.807) is 0 Å². The molecule has 0 spiro atoms. The highest BCUT2D eigenvalue weighted by molar-refractivity contribution is 5.73. The second-order valence-electron chi connectivity index (χ2n) is 4.51. The summed E-state index contributed by atoms with van der Waals surface area (Å²) in [5, 5.41) is 8.74. The molecule has 1 aliphatic heterocycles. The molecule has 0 saturated carbocycles. The van der Waals surface area contributed by atoms with E-state index >= 15 is 0 Å². The lowest BCUT2D eigenvalue weighted by Gasteiger charge is -2.18. The van der Waals surface area contributed by atoms with E-state index in [1.807, 2.05) is 12.1 Å². The second-order valence-corrected chi connectivity index (χ2v) is 4.51. The Morgan fingerprint density at radius 1 is 1.29 bits per heavy atom. The molecule has 0 amide bonds. The molecule has 4 nitrogen and oxygen atoms in total. The minimum atomic E-state index is -0.950. The molecule has 2 rings (SSSR count). The molecule has 0 aliphatic carbocycles. The minimum Gasteiger partial charge on any atom is -0.480 e. The standard InChI is InChI=1S/C13H18N2O2/c14-12(13(16)17)9-10-3-5-11(6-4-10)15-7-1-2-8-15/h3-6,12H,1-2,7-9,14H2,(H,16,17). The van der Waals surface area contributed by atoms with Gasteiger partial charge in [0.1, 0.15) is 6.04 Å². The van der Waals surface area contributed by atoms with Gasteiger partial charge in [0.25, 0.3) is 0 Å². The van der Waals surface area contributed by atoms with E-state index in [9.17, 15) is 4.79 Å². The van der Waals surface area contributed by atoms with E-state index in [0.29, 0.717) is 6.42 Å². The number of rotatable bonds is 4. The summed E-state index contributed by atoms with van der Waals surface area (Å²) in [5.74, 6) is -0.950. The molecular formula is C13H18N2O2. The van der Waals surface area contributed by atoms with Crippen LogP contribution in [0.2, 0.25) is 0 Å². The predicted octanol–water partition coefficient (Wildman–Crippen LogP) is 1.24. The summed E-state index contributed by atoms with van der Waals surface area (Å²) in [6.45, 7) is 2.24. The number of hydrogen-bond acceptors (Lipinski definition) is 3. The van der Waals surface area contributed by atoms with Gasteiger partial charge in [-0.2, -0.15) is 0 Å². The van der Waals surface area contributed by atoms with Gasteiger partial charge < -0.3 is 15.7 Å². The Bertz CT molecular complexity index is 383. The van der Waals surface area contributed by atoms with Crippen molar-refractivity contribution in [1.29, 1.82) is 0 Å². The molecule has 0 aromatic heterocycles. The third kappa shape index (κ3) is 2.97. The van der Waals surface area contributed by atoms with Crippen molar-refractivity contribution in [3.05, 3.63) is 29.8 Å². The summed E-state index contributed by atoms with van der Waals surface area (Å²) in [5.41, 5.74) is 7.69. The SMILES string of the molecule is NC(Cc1ccc(N2CCCC2)cc1)C(=O)O. The van der Waals surface area contributed by atoms with Crippen molar-refractivity contribution in [2.45, 2.75) is 25.3 Å². The molecule has 0 bridgehead atoms. The van der Waals surface area contributed by atoms with Crippen LogP contribution in [0.4, 0.5) is 5.69 Å². The van der Waals surface area contributed by atoms with Crippen molar-refractivity contribution in [2.24, 2.45) is 5.73 Å². The van der Waals surface area contributed by atoms with Gasteiger partial charge in [-0.1, -0.05) is 12.1 Å². The molecule has 1 aliphatic rings. The molecule has 1 aromatic rings. The largest absolute Gasteiger partial charge is 0.480 e. The minimum absolute atomic E-state index is 0.385. The van der Waals surface area contributed by atoms with E-state index in [4.69, 9.17) is 10.8 Å². The average Bonchev–Trinajstić information content (AvgIpc) is 2.83. The smallest absolute Gasteiger partial charge is 0.320 e. The van der Waals surface area contributed by atoms with Crippen molar-refractivity contribution < 1.29 is 9.90 Å². The predicted molar refractivity (Wildman–Crippen MR) is 67.2 cm³/mol. The summed E-state index contributed by atoms with van der Waals surface area (Å²) in [7, 11) is 0.